The first-order valence-corrected chi connectivity index (χ1v) is 11.8. The number of rotatable bonds is 2. The van der Waals surface area contributed by atoms with Gasteiger partial charge in [-0.25, -0.2) is 17.6 Å². The minimum Gasteiger partial charge on any atom is -0.423 e. The van der Waals surface area contributed by atoms with E-state index in [-0.39, 0.29) is 5.46 Å². The van der Waals surface area contributed by atoms with Gasteiger partial charge in [-0.05, 0) is 73.7 Å². The summed E-state index contributed by atoms with van der Waals surface area (Å²) in [5.74, 6) is -2.77. The van der Waals surface area contributed by atoms with E-state index >= 15 is 0 Å². The molecule has 0 heterocycles. The van der Waals surface area contributed by atoms with E-state index in [1.165, 1.54) is 27.7 Å². The van der Waals surface area contributed by atoms with Crippen LogP contribution in [-0.4, -0.2) is 17.2 Å². The molecule has 0 spiro atoms. The standard InChI is InChI=1S/C14H12F2.C8H9Br.C6H5BF2O2/c1-9-4-3-5-10(2)14(9)12-7-6-11(15)8-13(12)16;1-6-4-3-5-7(2)8(6)9;8-4-1-2-5(7(10)11)6(9)3-4/h3-8H,1-2H3;3-5H,1-2H3;1-3,10-11H. The quantitative estimate of drug-likeness (QED) is 0.205. The molecule has 8 heteroatoms. The Labute approximate surface area is 217 Å². The van der Waals surface area contributed by atoms with Crippen LogP contribution < -0.4 is 5.46 Å². The molecular weight excluding hydrogens is 535 g/mol. The van der Waals surface area contributed by atoms with Gasteiger partial charge in [-0.2, -0.15) is 0 Å². The number of hydrogen-bond donors (Lipinski definition) is 2. The molecule has 188 valence electrons. The Bertz CT molecular complexity index is 1290. The molecule has 0 saturated heterocycles. The number of aryl methyl sites for hydroxylation is 4. The van der Waals surface area contributed by atoms with Crippen molar-refractivity contribution in [1.29, 1.82) is 0 Å². The van der Waals surface area contributed by atoms with Gasteiger partial charge in [-0.15, -0.1) is 0 Å². The maximum Gasteiger partial charge on any atom is 0.491 e. The Morgan fingerprint density at radius 2 is 1.06 bits per heavy atom. The second-order valence-electron chi connectivity index (χ2n) is 8.14. The van der Waals surface area contributed by atoms with Crippen LogP contribution in [0.25, 0.3) is 11.1 Å². The summed E-state index contributed by atoms with van der Waals surface area (Å²) in [5, 5.41) is 17.0. The molecule has 0 aliphatic carbocycles. The normalized spacial score (nSPS) is 10.1. The molecule has 0 fully saturated rings. The maximum absolute atomic E-state index is 13.7. The Morgan fingerprint density at radius 3 is 1.47 bits per heavy atom. The number of halogens is 5. The van der Waals surface area contributed by atoms with Crippen LogP contribution in [0.15, 0.2) is 77.3 Å². The van der Waals surface area contributed by atoms with Gasteiger partial charge in [0.15, 0.2) is 0 Å². The van der Waals surface area contributed by atoms with Gasteiger partial charge in [-0.1, -0.05) is 58.4 Å². The van der Waals surface area contributed by atoms with Crippen LogP contribution in [0.3, 0.4) is 0 Å². The van der Waals surface area contributed by atoms with Crippen molar-refractivity contribution in [2.75, 3.05) is 0 Å². The van der Waals surface area contributed by atoms with Crippen molar-refractivity contribution in [3.8, 4) is 11.1 Å². The highest BCUT2D eigenvalue weighted by Crippen LogP contribution is 2.29. The third-order valence-corrected chi connectivity index (χ3v) is 6.56. The molecule has 0 aliphatic rings. The Balaban J connectivity index is 0.000000200. The maximum atomic E-state index is 13.7. The fraction of sp³-hybridized carbons (Fsp3) is 0.143. The second-order valence-corrected chi connectivity index (χ2v) is 8.93. The van der Waals surface area contributed by atoms with E-state index < -0.39 is 30.4 Å². The van der Waals surface area contributed by atoms with Crippen LogP contribution in [0.2, 0.25) is 0 Å². The summed E-state index contributed by atoms with van der Waals surface area (Å²) in [6.07, 6.45) is 0. The van der Waals surface area contributed by atoms with Gasteiger partial charge in [0.2, 0.25) is 0 Å². The van der Waals surface area contributed by atoms with Crippen molar-refractivity contribution in [3.63, 3.8) is 0 Å². The Hall–Kier alpha value is -2.94. The van der Waals surface area contributed by atoms with E-state index in [1.807, 2.05) is 32.0 Å². The summed E-state index contributed by atoms with van der Waals surface area (Å²) in [6.45, 7) is 8.03. The zero-order chi connectivity index (χ0) is 27.0. The van der Waals surface area contributed by atoms with Crippen LogP contribution in [0, 0.1) is 51.0 Å². The molecule has 2 nitrogen and oxygen atoms in total. The largest absolute Gasteiger partial charge is 0.491 e. The third kappa shape index (κ3) is 8.05. The summed E-state index contributed by atoms with van der Waals surface area (Å²) in [7, 11) is -1.89. The monoisotopic (exact) mass is 560 g/mol. The van der Waals surface area contributed by atoms with Crippen molar-refractivity contribution >= 4 is 28.5 Å². The lowest BCUT2D eigenvalue weighted by Gasteiger charge is -2.10. The molecule has 0 aromatic heterocycles. The number of hydrogen-bond acceptors (Lipinski definition) is 2. The predicted octanol–water partition coefficient (Wildman–Crippen LogP) is 6.96. The summed E-state index contributed by atoms with van der Waals surface area (Å²) in [4.78, 5) is 0. The molecule has 0 bridgehead atoms. The zero-order valence-corrected chi connectivity index (χ0v) is 21.9. The fourth-order valence-corrected chi connectivity index (χ4v) is 3.70. The average molecular weight is 561 g/mol. The first kappa shape index (κ1) is 29.3. The van der Waals surface area contributed by atoms with Gasteiger partial charge in [0.05, 0.1) is 0 Å². The van der Waals surface area contributed by atoms with E-state index in [9.17, 15) is 17.6 Å². The summed E-state index contributed by atoms with van der Waals surface area (Å²) >= 11 is 3.48. The molecule has 0 atom stereocenters. The molecule has 0 amide bonds. The van der Waals surface area contributed by atoms with E-state index in [2.05, 4.69) is 48.0 Å². The fourth-order valence-electron chi connectivity index (χ4n) is 3.44. The molecule has 0 saturated carbocycles. The Kier molecular flexibility index (Phi) is 10.9. The predicted molar refractivity (Wildman–Crippen MR) is 141 cm³/mol. The third-order valence-electron chi connectivity index (χ3n) is 5.31. The van der Waals surface area contributed by atoms with Gasteiger partial charge in [0.1, 0.15) is 23.3 Å². The molecule has 4 aromatic carbocycles. The first-order valence-electron chi connectivity index (χ1n) is 11.0. The van der Waals surface area contributed by atoms with Crippen LogP contribution in [0.5, 0.6) is 0 Å². The van der Waals surface area contributed by atoms with E-state index in [0.29, 0.717) is 11.6 Å². The van der Waals surface area contributed by atoms with Gasteiger partial charge < -0.3 is 10.0 Å². The van der Waals surface area contributed by atoms with Gasteiger partial charge >= 0.3 is 7.12 Å². The van der Waals surface area contributed by atoms with E-state index in [4.69, 9.17) is 10.0 Å². The van der Waals surface area contributed by atoms with E-state index in [1.54, 1.807) is 0 Å². The van der Waals surface area contributed by atoms with Gasteiger partial charge in [0, 0.05) is 27.6 Å². The molecule has 36 heavy (non-hydrogen) atoms. The second kappa shape index (κ2) is 13.4. The first-order chi connectivity index (χ1) is 16.9. The molecule has 4 rings (SSSR count). The number of benzene rings is 4. The SMILES string of the molecule is Cc1cccc(C)c1-c1ccc(F)cc1F.Cc1cccc(C)c1Br.OB(O)c1ccc(F)cc1F. The average Bonchev–Trinajstić information content (AvgIpc) is 2.79. The highest BCUT2D eigenvalue weighted by Gasteiger charge is 2.16. The summed E-state index contributed by atoms with van der Waals surface area (Å²) in [6, 6.07) is 18.2. The highest BCUT2D eigenvalue weighted by molar-refractivity contribution is 9.10. The molecule has 0 unspecified atom stereocenters. The summed E-state index contributed by atoms with van der Waals surface area (Å²) < 4.78 is 52.5. The van der Waals surface area contributed by atoms with Crippen molar-refractivity contribution in [2.45, 2.75) is 27.7 Å². The van der Waals surface area contributed by atoms with Crippen molar-refractivity contribution < 1.29 is 27.6 Å². The smallest absolute Gasteiger partial charge is 0.423 e. The summed E-state index contributed by atoms with van der Waals surface area (Å²) in [5.41, 5.74) is 5.56. The molecular formula is C28H26BBrF4O2. The van der Waals surface area contributed by atoms with Crippen LogP contribution >= 0.6 is 15.9 Å². The zero-order valence-electron chi connectivity index (χ0n) is 20.3. The lowest BCUT2D eigenvalue weighted by atomic mass is 9.80. The molecule has 0 radical (unpaired) electrons. The topological polar surface area (TPSA) is 40.5 Å². The van der Waals surface area contributed by atoms with Crippen LogP contribution in [-0.2, 0) is 0 Å². The molecule has 4 aromatic rings. The van der Waals surface area contributed by atoms with Gasteiger partial charge in [0.25, 0.3) is 0 Å². The minimum absolute atomic E-state index is 0.327. The van der Waals surface area contributed by atoms with Crippen LogP contribution in [0.4, 0.5) is 17.6 Å². The van der Waals surface area contributed by atoms with Gasteiger partial charge in [-0.3, -0.25) is 0 Å². The van der Waals surface area contributed by atoms with E-state index in [0.717, 1.165) is 34.9 Å². The van der Waals surface area contributed by atoms with Crippen LogP contribution in [0.1, 0.15) is 22.3 Å². The lowest BCUT2D eigenvalue weighted by Crippen LogP contribution is -2.32. The lowest BCUT2D eigenvalue weighted by molar-refractivity contribution is 0.422. The van der Waals surface area contributed by atoms with Crippen molar-refractivity contribution in [3.05, 3.63) is 123 Å². The van der Waals surface area contributed by atoms with Crippen molar-refractivity contribution in [2.24, 2.45) is 0 Å². The minimum atomic E-state index is -1.89. The molecule has 2 N–H and O–H groups in total. The highest BCUT2D eigenvalue weighted by atomic mass is 79.9. The molecule has 0 aliphatic heterocycles. The van der Waals surface area contributed by atoms with Crippen molar-refractivity contribution in [1.82, 2.24) is 0 Å². The Morgan fingerprint density at radius 1 is 0.611 bits per heavy atom.